The summed E-state index contributed by atoms with van der Waals surface area (Å²) in [7, 11) is 0. The molecule has 4 rings (SSSR count). The van der Waals surface area contributed by atoms with Crippen molar-refractivity contribution in [3.8, 4) is 0 Å². The first kappa shape index (κ1) is 10.3. The number of rotatable bonds is 2. The Morgan fingerprint density at radius 2 is 1.82 bits per heavy atom. The van der Waals surface area contributed by atoms with Crippen molar-refractivity contribution in [3.63, 3.8) is 0 Å². The Kier molecular flexibility index (Phi) is 2.11. The van der Waals surface area contributed by atoms with Crippen LogP contribution in [0.3, 0.4) is 0 Å². The van der Waals surface area contributed by atoms with Crippen LogP contribution in [-0.4, -0.2) is 12.8 Å². The van der Waals surface area contributed by atoms with Gasteiger partial charge in [-0.1, -0.05) is 19.1 Å². The van der Waals surface area contributed by atoms with Crippen LogP contribution in [0.25, 0.3) is 0 Å². The maximum Gasteiger partial charge on any atom is 0.0418 e. The first-order valence-corrected chi connectivity index (χ1v) is 7.44. The number of fused-ring (bicyclic) bond motifs is 9. The summed E-state index contributed by atoms with van der Waals surface area (Å²) in [5.74, 6) is 7.86. The van der Waals surface area contributed by atoms with Crippen LogP contribution in [0.1, 0.15) is 26.7 Å². The van der Waals surface area contributed by atoms with E-state index in [9.17, 15) is 0 Å². The second-order valence-corrected chi connectivity index (χ2v) is 6.81. The monoisotopic (exact) mass is 229 g/mol. The fraction of sp³-hybridized carbons (Fsp3) is 0.812. The number of nitrogens with zero attached hydrogens (tertiary/aromatic N) is 1. The molecule has 3 saturated carbocycles. The third-order valence-electron chi connectivity index (χ3n) is 6.52. The van der Waals surface area contributed by atoms with Crippen LogP contribution in [0.2, 0.25) is 0 Å². The summed E-state index contributed by atoms with van der Waals surface area (Å²) in [6.07, 6.45) is 10.1. The predicted octanol–water partition coefficient (Wildman–Crippen LogP) is 3.42. The van der Waals surface area contributed by atoms with Crippen molar-refractivity contribution in [2.24, 2.45) is 52.3 Å². The number of hydrogen-bond donors (Lipinski definition) is 0. The van der Waals surface area contributed by atoms with E-state index in [0.29, 0.717) is 0 Å². The molecule has 4 aliphatic rings. The second-order valence-electron chi connectivity index (χ2n) is 6.81. The summed E-state index contributed by atoms with van der Waals surface area (Å²) in [6.45, 7) is 5.66. The van der Waals surface area contributed by atoms with Crippen LogP contribution in [0.4, 0.5) is 0 Å². The maximum atomic E-state index is 4.56. The van der Waals surface area contributed by atoms with Crippen LogP contribution >= 0.6 is 0 Å². The highest BCUT2D eigenvalue weighted by atomic mass is 14.8. The van der Waals surface area contributed by atoms with Gasteiger partial charge in [0.1, 0.15) is 0 Å². The Balaban J connectivity index is 1.63. The van der Waals surface area contributed by atoms with Gasteiger partial charge >= 0.3 is 0 Å². The molecule has 0 N–H and O–H groups in total. The lowest BCUT2D eigenvalue weighted by molar-refractivity contribution is 0.102. The Morgan fingerprint density at radius 3 is 2.53 bits per heavy atom. The summed E-state index contributed by atoms with van der Waals surface area (Å²) in [5, 5.41) is 0. The van der Waals surface area contributed by atoms with E-state index < -0.39 is 0 Å². The molecule has 4 aliphatic carbocycles. The van der Waals surface area contributed by atoms with Crippen LogP contribution in [0.15, 0.2) is 17.1 Å². The fourth-order valence-electron chi connectivity index (χ4n) is 5.99. The minimum absolute atomic E-state index is 0.894. The van der Waals surface area contributed by atoms with E-state index in [4.69, 9.17) is 0 Å². The molecule has 0 aromatic heterocycles. The Hall–Kier alpha value is -0.590. The number of hydrogen-bond acceptors (Lipinski definition) is 1. The van der Waals surface area contributed by atoms with Gasteiger partial charge in [-0.15, -0.1) is 0 Å². The lowest BCUT2D eigenvalue weighted by Crippen LogP contribution is -2.37. The lowest BCUT2D eigenvalue weighted by atomic mass is 9.65. The third kappa shape index (κ3) is 1.18. The molecule has 3 fully saturated rings. The average Bonchev–Trinajstić information content (AvgIpc) is 3.04. The van der Waals surface area contributed by atoms with Crippen molar-refractivity contribution < 1.29 is 0 Å². The molecule has 17 heavy (non-hydrogen) atoms. The summed E-state index contributed by atoms with van der Waals surface area (Å²) in [6, 6.07) is 0. The highest BCUT2D eigenvalue weighted by Gasteiger charge is 2.63. The molecule has 0 spiro atoms. The van der Waals surface area contributed by atoms with Gasteiger partial charge in [-0.25, -0.2) is 0 Å². The summed E-state index contributed by atoms with van der Waals surface area (Å²) in [4.78, 5) is 4.56. The number of allylic oxidation sites excluding steroid dienone is 2. The van der Waals surface area contributed by atoms with Crippen molar-refractivity contribution in [2.45, 2.75) is 26.7 Å². The molecule has 8 atom stereocenters. The van der Waals surface area contributed by atoms with Gasteiger partial charge in [-0.3, -0.25) is 4.99 Å². The quantitative estimate of drug-likeness (QED) is 0.391. The molecule has 92 valence electrons. The molecule has 0 amide bonds. The fourth-order valence-corrected chi connectivity index (χ4v) is 5.99. The normalized spacial score (nSPS) is 58.5. The molecule has 0 heterocycles. The largest absolute Gasteiger partial charge is 0.298 e. The van der Waals surface area contributed by atoms with Gasteiger partial charge in [0.15, 0.2) is 0 Å². The first-order valence-electron chi connectivity index (χ1n) is 7.44. The molecule has 4 bridgehead atoms. The Morgan fingerprint density at radius 1 is 1.12 bits per heavy atom. The molecule has 0 aromatic carbocycles. The summed E-state index contributed by atoms with van der Waals surface area (Å²) in [5.41, 5.74) is 0. The van der Waals surface area contributed by atoms with E-state index in [1.54, 1.807) is 0 Å². The van der Waals surface area contributed by atoms with Crippen LogP contribution < -0.4 is 0 Å². The van der Waals surface area contributed by atoms with Gasteiger partial charge in [0.05, 0.1) is 0 Å². The topological polar surface area (TPSA) is 12.4 Å². The van der Waals surface area contributed by atoms with Crippen LogP contribution in [0, 0.1) is 47.3 Å². The Labute approximate surface area is 104 Å². The van der Waals surface area contributed by atoms with Crippen molar-refractivity contribution in [3.05, 3.63) is 12.2 Å². The van der Waals surface area contributed by atoms with E-state index in [1.165, 1.54) is 12.8 Å². The predicted molar refractivity (Wildman–Crippen MR) is 71.0 cm³/mol. The second kappa shape index (κ2) is 3.46. The average molecular weight is 229 g/mol. The third-order valence-corrected chi connectivity index (χ3v) is 6.52. The smallest absolute Gasteiger partial charge is 0.0418 e. The van der Waals surface area contributed by atoms with Crippen molar-refractivity contribution >= 4 is 6.21 Å². The zero-order valence-electron chi connectivity index (χ0n) is 10.9. The molecule has 0 saturated heterocycles. The van der Waals surface area contributed by atoms with Gasteiger partial charge in [-0.2, -0.15) is 0 Å². The maximum absolute atomic E-state index is 4.56. The minimum Gasteiger partial charge on any atom is -0.298 e. The summed E-state index contributed by atoms with van der Waals surface area (Å²) < 4.78 is 0. The minimum atomic E-state index is 0.894. The molecule has 1 nitrogen and oxygen atoms in total. The van der Waals surface area contributed by atoms with Crippen LogP contribution in [0.5, 0.6) is 0 Å². The zero-order valence-corrected chi connectivity index (χ0v) is 10.9. The van der Waals surface area contributed by atoms with Gasteiger partial charge in [0.2, 0.25) is 0 Å². The molecular weight excluding hydrogens is 206 g/mol. The van der Waals surface area contributed by atoms with E-state index in [2.05, 4.69) is 31.0 Å². The van der Waals surface area contributed by atoms with E-state index in [-0.39, 0.29) is 0 Å². The SMILES string of the molecule is CC=NCC1C(C)C2CC1C1C3C=CC(C3)C21. The first-order chi connectivity index (χ1) is 8.31. The van der Waals surface area contributed by atoms with Gasteiger partial charge in [0, 0.05) is 6.54 Å². The Bertz CT molecular complexity index is 383. The molecule has 8 unspecified atom stereocenters. The molecule has 0 aliphatic heterocycles. The zero-order chi connectivity index (χ0) is 11.6. The van der Waals surface area contributed by atoms with Crippen LogP contribution in [-0.2, 0) is 0 Å². The standard InChI is InChI=1S/C16H23N/c1-3-17-8-14-9(2)12-7-13(14)16-11-5-4-10(6-11)15(12)16/h3-5,9-16H,6-8H2,1-2H3. The lowest BCUT2D eigenvalue weighted by Gasteiger charge is -2.40. The highest BCUT2D eigenvalue weighted by Crippen LogP contribution is 2.68. The van der Waals surface area contributed by atoms with Crippen molar-refractivity contribution in [1.82, 2.24) is 0 Å². The van der Waals surface area contributed by atoms with Crippen molar-refractivity contribution in [1.29, 1.82) is 0 Å². The molecule has 1 heteroatoms. The van der Waals surface area contributed by atoms with E-state index >= 15 is 0 Å². The summed E-state index contributed by atoms with van der Waals surface area (Å²) >= 11 is 0. The molecule has 0 aromatic rings. The molecular formula is C16H23N. The molecule has 0 radical (unpaired) electrons. The number of aliphatic imine (C=N–C) groups is 1. The van der Waals surface area contributed by atoms with E-state index in [1.807, 2.05) is 6.21 Å². The highest BCUT2D eigenvalue weighted by molar-refractivity contribution is 5.53. The van der Waals surface area contributed by atoms with Crippen molar-refractivity contribution in [2.75, 3.05) is 6.54 Å². The van der Waals surface area contributed by atoms with E-state index in [0.717, 1.165) is 53.9 Å². The van der Waals surface area contributed by atoms with Gasteiger partial charge in [0.25, 0.3) is 0 Å². The van der Waals surface area contributed by atoms with Gasteiger partial charge in [-0.05, 0) is 73.3 Å². The van der Waals surface area contributed by atoms with Gasteiger partial charge < -0.3 is 0 Å².